The summed E-state index contributed by atoms with van der Waals surface area (Å²) in [4.78, 5) is 3.73. The van der Waals surface area contributed by atoms with Crippen molar-refractivity contribution in [3.05, 3.63) is 78.1 Å². The van der Waals surface area contributed by atoms with Gasteiger partial charge in [0.25, 0.3) is 0 Å². The van der Waals surface area contributed by atoms with Gasteiger partial charge in [-0.3, -0.25) is 4.98 Å². The molecule has 0 amide bonds. The number of hydrogen-bond acceptors (Lipinski definition) is 3. The zero-order chi connectivity index (χ0) is 13.9. The summed E-state index contributed by atoms with van der Waals surface area (Å²) in [5, 5.41) is 14.4. The predicted molar refractivity (Wildman–Crippen MR) is 71.8 cm³/mol. The van der Waals surface area contributed by atoms with Crippen LogP contribution in [0.3, 0.4) is 0 Å². The zero-order valence-corrected chi connectivity index (χ0v) is 10.5. The molecule has 1 N–H and O–H groups in total. The van der Waals surface area contributed by atoms with Gasteiger partial charge in [0.2, 0.25) is 0 Å². The molecule has 4 nitrogen and oxygen atoms in total. The first-order valence-corrected chi connectivity index (χ1v) is 6.12. The lowest BCUT2D eigenvalue weighted by Crippen LogP contribution is -2.00. The molecule has 3 rings (SSSR count). The summed E-state index contributed by atoms with van der Waals surface area (Å²) in [6.07, 6.45) is 4.86. The second kappa shape index (κ2) is 5.22. The smallest absolute Gasteiger partial charge is 0.141 e. The van der Waals surface area contributed by atoms with Gasteiger partial charge in [-0.15, -0.1) is 0 Å². The van der Waals surface area contributed by atoms with Crippen LogP contribution in [-0.4, -0.2) is 19.9 Å². The van der Waals surface area contributed by atoms with E-state index in [1.165, 1.54) is 12.3 Å². The van der Waals surface area contributed by atoms with Gasteiger partial charge >= 0.3 is 0 Å². The lowest BCUT2D eigenvalue weighted by Gasteiger charge is -2.07. The SMILES string of the molecule is OC(c1cncc(F)c1)c1cnn(-c2ccccc2)c1. The van der Waals surface area contributed by atoms with Crippen LogP contribution in [0, 0.1) is 5.82 Å². The highest BCUT2D eigenvalue weighted by molar-refractivity contribution is 5.33. The van der Waals surface area contributed by atoms with Crippen molar-refractivity contribution in [2.75, 3.05) is 0 Å². The first-order valence-electron chi connectivity index (χ1n) is 6.12. The van der Waals surface area contributed by atoms with Gasteiger partial charge in [0.1, 0.15) is 11.9 Å². The summed E-state index contributed by atoms with van der Waals surface area (Å²) < 4.78 is 14.8. The molecule has 0 aliphatic carbocycles. The molecular weight excluding hydrogens is 257 g/mol. The third-order valence-corrected chi connectivity index (χ3v) is 2.98. The van der Waals surface area contributed by atoms with Crippen LogP contribution in [0.1, 0.15) is 17.2 Å². The molecular formula is C15H12FN3O. The van der Waals surface area contributed by atoms with Crippen molar-refractivity contribution >= 4 is 0 Å². The Labute approximate surface area is 115 Å². The van der Waals surface area contributed by atoms with Gasteiger partial charge in [-0.1, -0.05) is 18.2 Å². The number of benzene rings is 1. The standard InChI is InChI=1S/C15H12FN3O/c16-13-6-11(7-17-9-13)15(20)12-8-18-19(10-12)14-4-2-1-3-5-14/h1-10,15,20H. The van der Waals surface area contributed by atoms with Crippen LogP contribution >= 0.6 is 0 Å². The summed E-state index contributed by atoms with van der Waals surface area (Å²) in [5.74, 6) is -0.475. The highest BCUT2D eigenvalue weighted by Gasteiger charge is 2.14. The van der Waals surface area contributed by atoms with Crippen molar-refractivity contribution in [2.45, 2.75) is 6.10 Å². The topological polar surface area (TPSA) is 50.9 Å². The maximum Gasteiger partial charge on any atom is 0.141 e. The quantitative estimate of drug-likeness (QED) is 0.794. The number of aromatic nitrogens is 3. The zero-order valence-electron chi connectivity index (χ0n) is 10.5. The number of para-hydroxylation sites is 1. The van der Waals surface area contributed by atoms with Crippen molar-refractivity contribution in [3.8, 4) is 5.69 Å². The average Bonchev–Trinajstić information content (AvgIpc) is 2.97. The third-order valence-electron chi connectivity index (χ3n) is 2.98. The van der Waals surface area contributed by atoms with Crippen molar-refractivity contribution in [1.29, 1.82) is 0 Å². The molecule has 2 aromatic heterocycles. The van der Waals surface area contributed by atoms with Crippen LogP contribution in [0.25, 0.3) is 5.69 Å². The Kier molecular flexibility index (Phi) is 3.26. The van der Waals surface area contributed by atoms with Gasteiger partial charge in [0, 0.05) is 23.5 Å². The molecule has 0 aliphatic rings. The van der Waals surface area contributed by atoms with E-state index < -0.39 is 11.9 Å². The molecule has 0 spiro atoms. The van der Waals surface area contributed by atoms with E-state index in [9.17, 15) is 9.50 Å². The number of nitrogens with zero attached hydrogens (tertiary/aromatic N) is 3. The predicted octanol–water partition coefficient (Wildman–Crippen LogP) is 2.49. The molecule has 1 atom stereocenters. The molecule has 0 radical (unpaired) electrons. The van der Waals surface area contributed by atoms with Crippen molar-refractivity contribution in [2.24, 2.45) is 0 Å². The van der Waals surface area contributed by atoms with Crippen LogP contribution in [0.5, 0.6) is 0 Å². The van der Waals surface area contributed by atoms with E-state index in [1.54, 1.807) is 17.1 Å². The Hall–Kier alpha value is -2.53. The van der Waals surface area contributed by atoms with E-state index in [2.05, 4.69) is 10.1 Å². The van der Waals surface area contributed by atoms with Crippen molar-refractivity contribution < 1.29 is 9.50 Å². The highest BCUT2D eigenvalue weighted by atomic mass is 19.1. The summed E-state index contributed by atoms with van der Waals surface area (Å²) in [6.45, 7) is 0. The van der Waals surface area contributed by atoms with E-state index in [0.29, 0.717) is 11.1 Å². The maximum absolute atomic E-state index is 13.1. The van der Waals surface area contributed by atoms with Crippen molar-refractivity contribution in [1.82, 2.24) is 14.8 Å². The Bertz CT molecular complexity index is 712. The first kappa shape index (κ1) is 12.5. The first-order chi connectivity index (χ1) is 9.74. The van der Waals surface area contributed by atoms with Gasteiger partial charge in [-0.05, 0) is 18.2 Å². The van der Waals surface area contributed by atoms with Crippen LogP contribution in [0.4, 0.5) is 4.39 Å². The van der Waals surface area contributed by atoms with Gasteiger partial charge in [0.05, 0.1) is 18.1 Å². The molecule has 5 heteroatoms. The van der Waals surface area contributed by atoms with Crippen LogP contribution in [0.2, 0.25) is 0 Å². The molecule has 20 heavy (non-hydrogen) atoms. The van der Waals surface area contributed by atoms with Gasteiger partial charge in [-0.2, -0.15) is 5.10 Å². The summed E-state index contributed by atoms with van der Waals surface area (Å²) in [7, 11) is 0. The fourth-order valence-corrected chi connectivity index (χ4v) is 1.97. The second-order valence-corrected chi connectivity index (χ2v) is 4.39. The van der Waals surface area contributed by atoms with Crippen LogP contribution in [-0.2, 0) is 0 Å². The van der Waals surface area contributed by atoms with E-state index in [0.717, 1.165) is 11.9 Å². The Morgan fingerprint density at radius 2 is 1.85 bits per heavy atom. The summed E-state index contributed by atoms with van der Waals surface area (Å²) >= 11 is 0. The maximum atomic E-state index is 13.1. The van der Waals surface area contributed by atoms with E-state index in [-0.39, 0.29) is 0 Å². The Balaban J connectivity index is 1.90. The van der Waals surface area contributed by atoms with Crippen LogP contribution in [0.15, 0.2) is 61.2 Å². The van der Waals surface area contributed by atoms with Gasteiger partial charge in [0.15, 0.2) is 0 Å². The third kappa shape index (κ3) is 2.44. The molecule has 0 fully saturated rings. The van der Waals surface area contributed by atoms with E-state index in [1.807, 2.05) is 30.3 Å². The molecule has 1 aromatic carbocycles. The lowest BCUT2D eigenvalue weighted by molar-refractivity contribution is 0.219. The number of halogens is 1. The minimum atomic E-state index is -0.948. The minimum absolute atomic E-state index is 0.401. The molecule has 3 aromatic rings. The largest absolute Gasteiger partial charge is 0.383 e. The monoisotopic (exact) mass is 269 g/mol. The number of aliphatic hydroxyl groups excluding tert-OH is 1. The molecule has 1 unspecified atom stereocenters. The lowest BCUT2D eigenvalue weighted by atomic mass is 10.1. The summed E-state index contributed by atoms with van der Waals surface area (Å²) in [6, 6.07) is 10.8. The van der Waals surface area contributed by atoms with Gasteiger partial charge < -0.3 is 5.11 Å². The van der Waals surface area contributed by atoms with Crippen LogP contribution < -0.4 is 0 Å². The minimum Gasteiger partial charge on any atom is -0.383 e. The summed E-state index contributed by atoms with van der Waals surface area (Å²) in [5.41, 5.74) is 1.88. The average molecular weight is 269 g/mol. The number of aliphatic hydroxyl groups is 1. The fraction of sp³-hybridized carbons (Fsp3) is 0.0667. The Morgan fingerprint density at radius 1 is 1.05 bits per heavy atom. The number of pyridine rings is 1. The van der Waals surface area contributed by atoms with E-state index in [4.69, 9.17) is 0 Å². The molecule has 0 saturated heterocycles. The normalized spacial score (nSPS) is 12.3. The molecule has 0 saturated carbocycles. The number of rotatable bonds is 3. The highest BCUT2D eigenvalue weighted by Crippen LogP contribution is 2.22. The fourth-order valence-electron chi connectivity index (χ4n) is 1.97. The Morgan fingerprint density at radius 3 is 2.60 bits per heavy atom. The van der Waals surface area contributed by atoms with Gasteiger partial charge in [-0.25, -0.2) is 9.07 Å². The number of hydrogen-bond donors (Lipinski definition) is 1. The molecule has 0 bridgehead atoms. The molecule has 0 aliphatic heterocycles. The molecule has 100 valence electrons. The van der Waals surface area contributed by atoms with E-state index >= 15 is 0 Å². The molecule has 2 heterocycles. The second-order valence-electron chi connectivity index (χ2n) is 4.39. The van der Waals surface area contributed by atoms with Crippen molar-refractivity contribution in [3.63, 3.8) is 0 Å².